The zero-order valence-electron chi connectivity index (χ0n) is 20.2. The van der Waals surface area contributed by atoms with Crippen LogP contribution >= 0.6 is 11.3 Å². The van der Waals surface area contributed by atoms with Crippen LogP contribution in [0.25, 0.3) is 0 Å². The van der Waals surface area contributed by atoms with Gasteiger partial charge < -0.3 is 19.7 Å². The molecular formula is C24H29N3O7S2. The summed E-state index contributed by atoms with van der Waals surface area (Å²) in [6, 6.07) is 5.68. The highest BCUT2D eigenvalue weighted by atomic mass is 32.2. The predicted molar refractivity (Wildman–Crippen MR) is 134 cm³/mol. The lowest BCUT2D eigenvalue weighted by atomic mass is 10.1. The fourth-order valence-electron chi connectivity index (χ4n) is 4.34. The second-order valence-electron chi connectivity index (χ2n) is 8.35. The molecule has 0 bridgehead atoms. The first-order valence-corrected chi connectivity index (χ1v) is 14.2. The Morgan fingerprint density at radius 2 is 1.64 bits per heavy atom. The largest absolute Gasteiger partial charge is 0.462 e. The molecule has 36 heavy (non-hydrogen) atoms. The zero-order chi connectivity index (χ0) is 25.9. The number of sulfonamides is 1. The summed E-state index contributed by atoms with van der Waals surface area (Å²) in [6.07, 6.45) is 2.15. The number of nitrogens with one attached hydrogen (secondary N) is 1. The lowest BCUT2D eigenvalue weighted by molar-refractivity contribution is 0.0527. The van der Waals surface area contributed by atoms with E-state index in [0.717, 1.165) is 29.7 Å². The molecule has 194 valence electrons. The normalized spacial score (nSPS) is 15.9. The summed E-state index contributed by atoms with van der Waals surface area (Å²) in [5, 5.41) is 3.27. The first-order chi connectivity index (χ1) is 17.3. The summed E-state index contributed by atoms with van der Waals surface area (Å²) in [7, 11) is -3.78. The molecule has 0 atom stereocenters. The summed E-state index contributed by atoms with van der Waals surface area (Å²) in [4.78, 5) is 39.9. The third-order valence-electron chi connectivity index (χ3n) is 6.15. The van der Waals surface area contributed by atoms with Crippen LogP contribution in [0.3, 0.4) is 0 Å². The summed E-state index contributed by atoms with van der Waals surface area (Å²) < 4.78 is 37.6. The van der Waals surface area contributed by atoms with Crippen LogP contribution in [0.1, 0.15) is 51.4 Å². The fourth-order valence-corrected chi connectivity index (χ4v) is 7.03. The number of esters is 1. The third-order valence-corrected chi connectivity index (χ3v) is 9.27. The Balaban J connectivity index is 1.44. The molecule has 2 heterocycles. The van der Waals surface area contributed by atoms with Crippen molar-refractivity contribution in [1.82, 2.24) is 9.21 Å². The summed E-state index contributed by atoms with van der Waals surface area (Å²) in [5.41, 5.74) is 1.63. The Morgan fingerprint density at radius 1 is 0.972 bits per heavy atom. The topological polar surface area (TPSA) is 122 Å². The number of ether oxygens (including phenoxy) is 2. The highest BCUT2D eigenvalue weighted by Gasteiger charge is 2.31. The maximum Gasteiger partial charge on any atom is 0.409 e. The molecule has 0 saturated carbocycles. The van der Waals surface area contributed by atoms with E-state index in [0.29, 0.717) is 10.6 Å². The Hall–Kier alpha value is -2.96. The van der Waals surface area contributed by atoms with Crippen LogP contribution in [0, 0.1) is 0 Å². The number of rotatable bonds is 7. The molecule has 1 fully saturated rings. The minimum absolute atomic E-state index is 0.0611. The predicted octanol–water partition coefficient (Wildman–Crippen LogP) is 3.13. The first-order valence-electron chi connectivity index (χ1n) is 11.9. The van der Waals surface area contributed by atoms with Crippen LogP contribution in [0.4, 0.5) is 9.80 Å². The number of nitrogens with zero attached hydrogens (tertiary/aromatic N) is 2. The Morgan fingerprint density at radius 3 is 2.28 bits per heavy atom. The van der Waals surface area contributed by atoms with Gasteiger partial charge in [-0.2, -0.15) is 4.31 Å². The average molecular weight is 536 g/mol. The number of benzene rings is 1. The van der Waals surface area contributed by atoms with Crippen molar-refractivity contribution in [3.63, 3.8) is 0 Å². The van der Waals surface area contributed by atoms with E-state index >= 15 is 0 Å². The van der Waals surface area contributed by atoms with Gasteiger partial charge in [0, 0.05) is 36.6 Å². The van der Waals surface area contributed by atoms with Crippen molar-refractivity contribution < 1.29 is 32.3 Å². The molecule has 1 N–H and O–H groups in total. The number of thiophene rings is 1. The highest BCUT2D eigenvalue weighted by molar-refractivity contribution is 7.89. The number of amides is 2. The second-order valence-corrected chi connectivity index (χ2v) is 11.4. The lowest BCUT2D eigenvalue weighted by Gasteiger charge is -2.33. The van der Waals surface area contributed by atoms with Gasteiger partial charge in [-0.25, -0.2) is 18.0 Å². The molecule has 1 aliphatic carbocycles. The molecule has 2 amide bonds. The molecule has 4 rings (SSSR count). The molecule has 1 aliphatic heterocycles. The number of fused-ring (bicyclic) bond motifs is 1. The van der Waals surface area contributed by atoms with Gasteiger partial charge in [0.05, 0.1) is 23.7 Å². The van der Waals surface area contributed by atoms with Crippen molar-refractivity contribution >= 4 is 44.3 Å². The third kappa shape index (κ3) is 5.25. The Bertz CT molecular complexity index is 1250. The first kappa shape index (κ1) is 26.1. The van der Waals surface area contributed by atoms with Gasteiger partial charge in [0.2, 0.25) is 10.0 Å². The maximum atomic E-state index is 13.1. The Labute approximate surface area is 214 Å². The molecule has 1 aromatic carbocycles. The molecule has 12 heteroatoms. The molecule has 0 spiro atoms. The summed E-state index contributed by atoms with van der Waals surface area (Å²) in [6.45, 7) is 4.75. The van der Waals surface area contributed by atoms with Gasteiger partial charge in [0.1, 0.15) is 5.00 Å². The molecule has 1 saturated heterocycles. The molecule has 0 radical (unpaired) electrons. The number of piperazine rings is 1. The van der Waals surface area contributed by atoms with E-state index in [1.165, 1.54) is 44.8 Å². The molecular weight excluding hydrogens is 506 g/mol. The van der Waals surface area contributed by atoms with Gasteiger partial charge in [-0.1, -0.05) is 0 Å². The number of anilines is 1. The van der Waals surface area contributed by atoms with Crippen LogP contribution in [0.5, 0.6) is 0 Å². The SMILES string of the molecule is CCOC(=O)c1c(NC(=O)c2ccc(S(=O)(=O)N3CCN(C(=O)OCC)CC3)cc2)sc2c1CCC2. The number of aryl methyl sites for hydroxylation is 1. The van der Waals surface area contributed by atoms with Crippen LogP contribution in [0.15, 0.2) is 29.2 Å². The number of hydrogen-bond donors (Lipinski definition) is 1. The van der Waals surface area contributed by atoms with Crippen molar-refractivity contribution in [2.45, 2.75) is 38.0 Å². The van der Waals surface area contributed by atoms with Gasteiger partial charge in [-0.3, -0.25) is 4.79 Å². The molecule has 10 nitrogen and oxygen atoms in total. The fraction of sp³-hybridized carbons (Fsp3) is 0.458. The van der Waals surface area contributed by atoms with Crippen molar-refractivity contribution in [2.24, 2.45) is 0 Å². The minimum atomic E-state index is -3.78. The molecule has 0 unspecified atom stereocenters. The van der Waals surface area contributed by atoms with Crippen molar-refractivity contribution in [3.8, 4) is 0 Å². The monoisotopic (exact) mass is 535 g/mol. The van der Waals surface area contributed by atoms with E-state index in [4.69, 9.17) is 9.47 Å². The average Bonchev–Trinajstić information content (AvgIpc) is 3.45. The van der Waals surface area contributed by atoms with Gasteiger partial charge >= 0.3 is 12.1 Å². The maximum absolute atomic E-state index is 13.1. The molecule has 1 aromatic heterocycles. The summed E-state index contributed by atoms with van der Waals surface area (Å²) >= 11 is 1.38. The van der Waals surface area contributed by atoms with Gasteiger partial charge in [-0.15, -0.1) is 11.3 Å². The highest BCUT2D eigenvalue weighted by Crippen LogP contribution is 2.39. The van der Waals surface area contributed by atoms with E-state index in [2.05, 4.69) is 5.32 Å². The van der Waals surface area contributed by atoms with Gasteiger partial charge in [-0.05, 0) is 62.9 Å². The van der Waals surface area contributed by atoms with Crippen LogP contribution < -0.4 is 5.32 Å². The van der Waals surface area contributed by atoms with E-state index < -0.39 is 28.0 Å². The second kappa shape index (κ2) is 11.0. The van der Waals surface area contributed by atoms with Crippen molar-refractivity contribution in [1.29, 1.82) is 0 Å². The standard InChI is InChI=1S/C24H29N3O7S2/c1-3-33-23(29)20-18-6-5-7-19(18)35-22(20)25-21(28)16-8-10-17(11-9-16)36(31,32)27-14-12-26(13-15-27)24(30)34-4-2/h8-11H,3-7,12-15H2,1-2H3,(H,25,28). The van der Waals surface area contributed by atoms with Gasteiger partial charge in [0.15, 0.2) is 0 Å². The number of hydrogen-bond acceptors (Lipinski definition) is 8. The van der Waals surface area contributed by atoms with E-state index in [1.807, 2.05) is 0 Å². The quantitative estimate of drug-likeness (QED) is 0.541. The van der Waals surface area contributed by atoms with Crippen LogP contribution in [0.2, 0.25) is 0 Å². The lowest BCUT2D eigenvalue weighted by Crippen LogP contribution is -2.50. The van der Waals surface area contributed by atoms with Gasteiger partial charge in [0.25, 0.3) is 5.91 Å². The van der Waals surface area contributed by atoms with Crippen LogP contribution in [-0.4, -0.2) is 75.0 Å². The van der Waals surface area contributed by atoms with E-state index in [-0.39, 0.29) is 49.9 Å². The van der Waals surface area contributed by atoms with Crippen molar-refractivity contribution in [2.75, 3.05) is 44.7 Å². The Kier molecular flexibility index (Phi) is 7.96. The minimum Gasteiger partial charge on any atom is -0.462 e. The van der Waals surface area contributed by atoms with Crippen LogP contribution in [-0.2, 0) is 32.3 Å². The number of carbonyl (C=O) groups is 3. The molecule has 2 aliphatic rings. The van der Waals surface area contributed by atoms with E-state index in [9.17, 15) is 22.8 Å². The molecule has 2 aromatic rings. The smallest absolute Gasteiger partial charge is 0.409 e. The van der Waals surface area contributed by atoms with Crippen molar-refractivity contribution in [3.05, 3.63) is 45.8 Å². The number of carbonyl (C=O) groups excluding carboxylic acids is 3. The van der Waals surface area contributed by atoms with E-state index in [1.54, 1.807) is 13.8 Å². The zero-order valence-corrected chi connectivity index (χ0v) is 21.9. The summed E-state index contributed by atoms with van der Waals surface area (Å²) in [5.74, 6) is -0.885.